The topological polar surface area (TPSA) is 56.1 Å². The number of carbonyl (C=O) groups excluding carboxylic acids is 1. The molecule has 21 heavy (non-hydrogen) atoms. The second-order valence-electron chi connectivity index (χ2n) is 5.53. The fourth-order valence-corrected chi connectivity index (χ4v) is 2.47. The van der Waals surface area contributed by atoms with Gasteiger partial charge in [-0.1, -0.05) is 25.1 Å². The van der Waals surface area contributed by atoms with E-state index in [4.69, 9.17) is 0 Å². The molecule has 2 unspecified atom stereocenters. The first kappa shape index (κ1) is 15.1. The maximum atomic E-state index is 12.1. The Morgan fingerprint density at radius 1 is 1.57 bits per heavy atom. The number of fused-ring (bicyclic) bond motifs is 1. The molecule has 1 amide bonds. The Morgan fingerprint density at radius 3 is 2.95 bits per heavy atom. The van der Waals surface area contributed by atoms with Gasteiger partial charge in [-0.3, -0.25) is 4.79 Å². The molecule has 1 N–H and O–H groups in total. The molecule has 4 heteroatoms. The molecule has 2 rings (SSSR count). The summed E-state index contributed by atoms with van der Waals surface area (Å²) < 4.78 is 0. The van der Waals surface area contributed by atoms with Crippen LogP contribution in [-0.4, -0.2) is 18.0 Å². The van der Waals surface area contributed by atoms with Crippen LogP contribution in [0.1, 0.15) is 32.8 Å². The first-order valence-electron chi connectivity index (χ1n) is 7.35. The predicted octanol–water partition coefficient (Wildman–Crippen LogP) is 2.76. The lowest BCUT2D eigenvalue weighted by Gasteiger charge is -2.21. The molecule has 0 aliphatic carbocycles. The van der Waals surface area contributed by atoms with E-state index in [1.165, 1.54) is 5.56 Å². The number of nitrogens with one attached hydrogen (secondary N) is 1. The van der Waals surface area contributed by atoms with Crippen LogP contribution in [0, 0.1) is 11.3 Å². The number of nitrogens with zero attached hydrogens (tertiary/aromatic N) is 2. The highest BCUT2D eigenvalue weighted by atomic mass is 16.1. The molecule has 1 aromatic carbocycles. The van der Waals surface area contributed by atoms with Crippen molar-refractivity contribution in [2.75, 3.05) is 4.90 Å². The van der Waals surface area contributed by atoms with Gasteiger partial charge >= 0.3 is 0 Å². The summed E-state index contributed by atoms with van der Waals surface area (Å²) >= 11 is 0. The van der Waals surface area contributed by atoms with E-state index in [9.17, 15) is 10.1 Å². The number of benzene rings is 1. The molecule has 110 valence electrons. The van der Waals surface area contributed by atoms with Gasteiger partial charge < -0.3 is 10.2 Å². The van der Waals surface area contributed by atoms with Gasteiger partial charge in [-0.15, -0.1) is 0 Å². The zero-order valence-corrected chi connectivity index (χ0v) is 12.8. The van der Waals surface area contributed by atoms with Gasteiger partial charge in [0.05, 0.1) is 0 Å². The van der Waals surface area contributed by atoms with Crippen molar-refractivity contribution >= 4 is 11.6 Å². The smallest absolute Gasteiger partial charge is 0.263 e. The van der Waals surface area contributed by atoms with Crippen molar-refractivity contribution in [2.45, 2.75) is 45.7 Å². The third kappa shape index (κ3) is 3.25. The van der Waals surface area contributed by atoms with E-state index < -0.39 is 0 Å². The molecule has 1 aliphatic rings. The van der Waals surface area contributed by atoms with E-state index in [0.717, 1.165) is 18.5 Å². The summed E-state index contributed by atoms with van der Waals surface area (Å²) in [5.41, 5.74) is 2.48. The van der Waals surface area contributed by atoms with Crippen molar-refractivity contribution in [2.24, 2.45) is 0 Å². The Morgan fingerprint density at radius 2 is 2.29 bits per heavy atom. The van der Waals surface area contributed by atoms with Gasteiger partial charge in [0.25, 0.3) is 5.91 Å². The van der Waals surface area contributed by atoms with Crippen molar-refractivity contribution in [1.29, 1.82) is 5.26 Å². The van der Waals surface area contributed by atoms with Gasteiger partial charge in [0, 0.05) is 24.0 Å². The first-order chi connectivity index (χ1) is 10.1. The highest BCUT2D eigenvalue weighted by molar-refractivity contribution is 5.97. The normalized spacial score (nSPS) is 18.9. The summed E-state index contributed by atoms with van der Waals surface area (Å²) in [6.07, 6.45) is 3.44. The van der Waals surface area contributed by atoms with Crippen LogP contribution < -0.4 is 10.2 Å². The second-order valence-corrected chi connectivity index (χ2v) is 5.53. The molecule has 1 aliphatic heterocycles. The summed E-state index contributed by atoms with van der Waals surface area (Å²) in [6, 6.07) is 10.4. The number of carbonyl (C=O) groups is 1. The van der Waals surface area contributed by atoms with E-state index in [-0.39, 0.29) is 23.6 Å². The number of rotatable bonds is 4. The van der Waals surface area contributed by atoms with Crippen molar-refractivity contribution in [1.82, 2.24) is 5.32 Å². The van der Waals surface area contributed by atoms with Crippen LogP contribution in [0.25, 0.3) is 0 Å². The molecule has 0 saturated heterocycles. The standard InChI is InChI=1S/C17H21N3O/c1-4-12(2)19-17(21)15(10-18)11-20-13(3)9-14-7-5-6-8-16(14)20/h5-8,11-13H,4,9H2,1-3H3,(H,19,21)/b15-11-. The third-order valence-corrected chi connectivity index (χ3v) is 3.88. The van der Waals surface area contributed by atoms with E-state index in [2.05, 4.69) is 18.3 Å². The molecular weight excluding hydrogens is 262 g/mol. The Hall–Kier alpha value is -2.28. The van der Waals surface area contributed by atoms with Crippen molar-refractivity contribution in [3.63, 3.8) is 0 Å². The van der Waals surface area contributed by atoms with Crippen LogP contribution in [0.4, 0.5) is 5.69 Å². The first-order valence-corrected chi connectivity index (χ1v) is 7.35. The van der Waals surface area contributed by atoms with Gasteiger partial charge in [0.1, 0.15) is 11.6 Å². The Balaban J connectivity index is 2.25. The monoisotopic (exact) mass is 283 g/mol. The molecule has 0 radical (unpaired) electrons. The van der Waals surface area contributed by atoms with Crippen LogP contribution in [0.3, 0.4) is 0 Å². The number of amides is 1. The molecule has 0 spiro atoms. The molecule has 0 aromatic heterocycles. The largest absolute Gasteiger partial charge is 0.349 e. The van der Waals surface area contributed by atoms with Crippen LogP contribution >= 0.6 is 0 Å². The van der Waals surface area contributed by atoms with Crippen LogP contribution in [0.5, 0.6) is 0 Å². The fourth-order valence-electron chi connectivity index (χ4n) is 2.47. The lowest BCUT2D eigenvalue weighted by molar-refractivity contribution is -0.117. The fraction of sp³-hybridized carbons (Fsp3) is 0.412. The van der Waals surface area contributed by atoms with E-state index in [1.54, 1.807) is 6.20 Å². The number of hydrogen-bond donors (Lipinski definition) is 1. The molecule has 0 saturated carbocycles. The second kappa shape index (κ2) is 6.45. The molecule has 1 aromatic rings. The summed E-state index contributed by atoms with van der Waals surface area (Å²) in [5.74, 6) is -0.302. The maximum absolute atomic E-state index is 12.1. The summed E-state index contributed by atoms with van der Waals surface area (Å²) in [5, 5.41) is 12.1. The lowest BCUT2D eigenvalue weighted by Crippen LogP contribution is -2.34. The SMILES string of the molecule is CCC(C)NC(=O)/C(C#N)=C\N1c2ccccc2CC1C. The number of anilines is 1. The number of hydrogen-bond acceptors (Lipinski definition) is 3. The Kier molecular flexibility index (Phi) is 4.64. The minimum absolute atomic E-state index is 0.0672. The molecule has 0 fully saturated rings. The van der Waals surface area contributed by atoms with E-state index in [0.29, 0.717) is 0 Å². The molecule has 4 nitrogen and oxygen atoms in total. The number of nitriles is 1. The third-order valence-electron chi connectivity index (χ3n) is 3.88. The minimum atomic E-state index is -0.302. The maximum Gasteiger partial charge on any atom is 0.263 e. The van der Waals surface area contributed by atoms with Crippen molar-refractivity contribution < 1.29 is 4.79 Å². The summed E-state index contributed by atoms with van der Waals surface area (Å²) in [4.78, 5) is 14.1. The zero-order chi connectivity index (χ0) is 15.4. The quantitative estimate of drug-likeness (QED) is 0.683. The average Bonchev–Trinajstić information content (AvgIpc) is 2.79. The highest BCUT2D eigenvalue weighted by Gasteiger charge is 2.25. The molecule has 0 bridgehead atoms. The van der Waals surface area contributed by atoms with E-state index in [1.807, 2.05) is 43.0 Å². The summed E-state index contributed by atoms with van der Waals surface area (Å²) in [7, 11) is 0. The van der Waals surface area contributed by atoms with Crippen LogP contribution in [0.2, 0.25) is 0 Å². The predicted molar refractivity (Wildman–Crippen MR) is 83.7 cm³/mol. The van der Waals surface area contributed by atoms with Crippen molar-refractivity contribution in [3.8, 4) is 6.07 Å². The van der Waals surface area contributed by atoms with Crippen molar-refractivity contribution in [3.05, 3.63) is 41.6 Å². The molecule has 2 atom stereocenters. The Bertz CT molecular complexity index is 600. The molecular formula is C17H21N3O. The minimum Gasteiger partial charge on any atom is -0.349 e. The number of para-hydroxylation sites is 1. The van der Waals surface area contributed by atoms with E-state index >= 15 is 0 Å². The zero-order valence-electron chi connectivity index (χ0n) is 12.8. The van der Waals surface area contributed by atoms with Crippen LogP contribution in [0.15, 0.2) is 36.0 Å². The molecule has 1 heterocycles. The highest BCUT2D eigenvalue weighted by Crippen LogP contribution is 2.32. The lowest BCUT2D eigenvalue weighted by atomic mass is 10.1. The van der Waals surface area contributed by atoms with Gasteiger partial charge in [-0.05, 0) is 38.3 Å². The van der Waals surface area contributed by atoms with Gasteiger partial charge in [-0.2, -0.15) is 5.26 Å². The average molecular weight is 283 g/mol. The van der Waals surface area contributed by atoms with Crippen LogP contribution in [-0.2, 0) is 11.2 Å². The Labute approximate surface area is 126 Å². The van der Waals surface area contributed by atoms with Gasteiger partial charge in [-0.25, -0.2) is 0 Å². The van der Waals surface area contributed by atoms with Gasteiger partial charge in [0.15, 0.2) is 0 Å². The van der Waals surface area contributed by atoms with Gasteiger partial charge in [0.2, 0.25) is 0 Å². The summed E-state index contributed by atoms with van der Waals surface area (Å²) in [6.45, 7) is 6.03.